The molecule has 0 radical (unpaired) electrons. The minimum Gasteiger partial charge on any atom is -0.377 e. The fourth-order valence-electron chi connectivity index (χ4n) is 1.00. The van der Waals surface area contributed by atoms with Crippen molar-refractivity contribution in [3.05, 3.63) is 24.3 Å². The Bertz CT molecular complexity index is 152. The first-order chi connectivity index (χ1) is 5.61. The van der Waals surface area contributed by atoms with Gasteiger partial charge in [0, 0.05) is 7.11 Å². The summed E-state index contributed by atoms with van der Waals surface area (Å²) >= 11 is 0. The van der Waals surface area contributed by atoms with Crippen molar-refractivity contribution in [1.82, 2.24) is 0 Å². The number of rotatable bonds is 5. The van der Waals surface area contributed by atoms with Gasteiger partial charge < -0.3 is 4.74 Å². The molecule has 0 rings (SSSR count). The summed E-state index contributed by atoms with van der Waals surface area (Å²) in [7, 11) is 1.72. The lowest BCUT2D eigenvalue weighted by molar-refractivity contribution is 0.131. The van der Waals surface area contributed by atoms with E-state index in [2.05, 4.69) is 39.5 Å². The molecule has 12 heavy (non-hydrogen) atoms. The van der Waals surface area contributed by atoms with E-state index in [1.165, 1.54) is 0 Å². The van der Waals surface area contributed by atoms with E-state index in [1.54, 1.807) is 7.11 Å². The Kier molecular flexibility index (Phi) is 5.73. The summed E-state index contributed by atoms with van der Waals surface area (Å²) in [4.78, 5) is 0. The Morgan fingerprint density at radius 1 is 1.50 bits per heavy atom. The number of hydrogen-bond donors (Lipinski definition) is 0. The van der Waals surface area contributed by atoms with E-state index in [-0.39, 0.29) is 6.10 Å². The molecule has 0 heterocycles. The van der Waals surface area contributed by atoms with Gasteiger partial charge in [-0.2, -0.15) is 0 Å². The third kappa shape index (κ3) is 4.35. The van der Waals surface area contributed by atoms with Crippen LogP contribution in [0.25, 0.3) is 0 Å². The van der Waals surface area contributed by atoms with E-state index in [0.717, 1.165) is 12.0 Å². The van der Waals surface area contributed by atoms with Gasteiger partial charge in [-0.25, -0.2) is 0 Å². The van der Waals surface area contributed by atoms with E-state index in [9.17, 15) is 0 Å². The summed E-state index contributed by atoms with van der Waals surface area (Å²) < 4.78 is 5.24. The maximum Gasteiger partial charge on any atom is 0.0812 e. The molecule has 1 heteroatoms. The molecule has 0 amide bonds. The first-order valence-electron chi connectivity index (χ1n) is 4.51. The maximum absolute atomic E-state index is 5.24. The number of hydrogen-bond acceptors (Lipinski definition) is 1. The molecule has 0 bridgehead atoms. The van der Waals surface area contributed by atoms with Crippen LogP contribution in [0.15, 0.2) is 24.3 Å². The van der Waals surface area contributed by atoms with Gasteiger partial charge in [0.1, 0.15) is 0 Å². The van der Waals surface area contributed by atoms with Crippen LogP contribution in [0.3, 0.4) is 0 Å². The van der Waals surface area contributed by atoms with Gasteiger partial charge in [0.15, 0.2) is 0 Å². The lowest BCUT2D eigenvalue weighted by Crippen LogP contribution is -2.09. The molecule has 0 aromatic rings. The van der Waals surface area contributed by atoms with E-state index >= 15 is 0 Å². The first-order valence-corrected chi connectivity index (χ1v) is 4.51. The number of ether oxygens (including phenoxy) is 1. The molecular weight excluding hydrogens is 148 g/mol. The van der Waals surface area contributed by atoms with Gasteiger partial charge in [-0.05, 0) is 17.9 Å². The van der Waals surface area contributed by atoms with Crippen molar-refractivity contribution >= 4 is 0 Å². The molecule has 70 valence electrons. The van der Waals surface area contributed by atoms with Crippen LogP contribution in [0.4, 0.5) is 0 Å². The van der Waals surface area contributed by atoms with Crippen LogP contribution in [-0.2, 0) is 4.74 Å². The fourth-order valence-corrected chi connectivity index (χ4v) is 1.00. The SMILES string of the molecule is C=C(C=CC(C)C)C(CC)OC. The standard InChI is InChI=1S/C11H20O/c1-6-11(12-5)10(4)8-7-9(2)3/h7-9,11H,4,6H2,1-3,5H3. The first kappa shape index (κ1) is 11.4. The second kappa shape index (κ2) is 6.01. The average Bonchev–Trinajstić information content (AvgIpc) is 2.03. The van der Waals surface area contributed by atoms with E-state index in [1.807, 2.05) is 0 Å². The van der Waals surface area contributed by atoms with Gasteiger partial charge in [0.2, 0.25) is 0 Å². The zero-order valence-electron chi connectivity index (χ0n) is 8.63. The molecule has 1 atom stereocenters. The highest BCUT2D eigenvalue weighted by molar-refractivity contribution is 5.19. The van der Waals surface area contributed by atoms with Crippen molar-refractivity contribution in [3.8, 4) is 0 Å². The van der Waals surface area contributed by atoms with Gasteiger partial charge in [-0.15, -0.1) is 0 Å². The van der Waals surface area contributed by atoms with Gasteiger partial charge in [0.25, 0.3) is 0 Å². The quantitative estimate of drug-likeness (QED) is 0.573. The maximum atomic E-state index is 5.24. The third-order valence-corrected chi connectivity index (χ3v) is 1.76. The lowest BCUT2D eigenvalue weighted by atomic mass is 10.1. The Labute approximate surface area is 76.1 Å². The predicted octanol–water partition coefficient (Wildman–Crippen LogP) is 3.18. The van der Waals surface area contributed by atoms with Crippen molar-refractivity contribution in [2.24, 2.45) is 5.92 Å². The van der Waals surface area contributed by atoms with Crippen molar-refractivity contribution in [3.63, 3.8) is 0 Å². The van der Waals surface area contributed by atoms with E-state index < -0.39 is 0 Å². The fraction of sp³-hybridized carbons (Fsp3) is 0.636. The van der Waals surface area contributed by atoms with Crippen LogP contribution in [0.2, 0.25) is 0 Å². The molecule has 0 saturated carbocycles. The van der Waals surface area contributed by atoms with Crippen LogP contribution in [0.5, 0.6) is 0 Å². The summed E-state index contributed by atoms with van der Waals surface area (Å²) in [5.74, 6) is 0.580. The van der Waals surface area contributed by atoms with E-state index in [0.29, 0.717) is 5.92 Å². The van der Waals surface area contributed by atoms with Crippen LogP contribution < -0.4 is 0 Å². The van der Waals surface area contributed by atoms with Gasteiger partial charge >= 0.3 is 0 Å². The average molecular weight is 168 g/mol. The Morgan fingerprint density at radius 3 is 2.42 bits per heavy atom. The van der Waals surface area contributed by atoms with E-state index in [4.69, 9.17) is 4.74 Å². The molecule has 0 aromatic carbocycles. The third-order valence-electron chi connectivity index (χ3n) is 1.76. The summed E-state index contributed by atoms with van der Waals surface area (Å²) in [6.07, 6.45) is 5.37. The minimum atomic E-state index is 0.181. The summed E-state index contributed by atoms with van der Waals surface area (Å²) in [5, 5.41) is 0. The van der Waals surface area contributed by atoms with Crippen LogP contribution in [0.1, 0.15) is 27.2 Å². The van der Waals surface area contributed by atoms with Crippen molar-refractivity contribution in [1.29, 1.82) is 0 Å². The molecule has 1 unspecified atom stereocenters. The molecule has 0 fully saturated rings. The van der Waals surface area contributed by atoms with Crippen molar-refractivity contribution in [2.75, 3.05) is 7.11 Å². The minimum absolute atomic E-state index is 0.181. The molecule has 0 N–H and O–H groups in total. The smallest absolute Gasteiger partial charge is 0.0812 e. The summed E-state index contributed by atoms with van der Waals surface area (Å²) in [6.45, 7) is 10.4. The predicted molar refractivity (Wildman–Crippen MR) is 54.2 cm³/mol. The monoisotopic (exact) mass is 168 g/mol. The zero-order valence-corrected chi connectivity index (χ0v) is 8.63. The van der Waals surface area contributed by atoms with Gasteiger partial charge in [-0.3, -0.25) is 0 Å². The van der Waals surface area contributed by atoms with Crippen molar-refractivity contribution < 1.29 is 4.74 Å². The highest BCUT2D eigenvalue weighted by Gasteiger charge is 2.04. The molecule has 1 nitrogen and oxygen atoms in total. The highest BCUT2D eigenvalue weighted by Crippen LogP contribution is 2.10. The Hall–Kier alpha value is -0.560. The highest BCUT2D eigenvalue weighted by atomic mass is 16.5. The second-order valence-electron chi connectivity index (χ2n) is 3.31. The molecular formula is C11H20O. The Balaban J connectivity index is 4.01. The van der Waals surface area contributed by atoms with Crippen LogP contribution in [-0.4, -0.2) is 13.2 Å². The molecule has 0 aliphatic carbocycles. The summed E-state index contributed by atoms with van der Waals surface area (Å²) in [5.41, 5.74) is 1.06. The summed E-state index contributed by atoms with van der Waals surface area (Å²) in [6, 6.07) is 0. The molecule has 0 spiro atoms. The molecule has 0 aromatic heterocycles. The van der Waals surface area contributed by atoms with Gasteiger partial charge in [0.05, 0.1) is 6.10 Å². The second-order valence-corrected chi connectivity index (χ2v) is 3.31. The number of allylic oxidation sites excluding steroid dienone is 1. The van der Waals surface area contributed by atoms with Crippen LogP contribution >= 0.6 is 0 Å². The molecule has 0 saturated heterocycles. The Morgan fingerprint density at radius 2 is 2.08 bits per heavy atom. The molecule has 0 aliphatic heterocycles. The van der Waals surface area contributed by atoms with Crippen molar-refractivity contribution in [2.45, 2.75) is 33.3 Å². The van der Waals surface area contributed by atoms with Gasteiger partial charge in [-0.1, -0.05) is 39.5 Å². The largest absolute Gasteiger partial charge is 0.377 e. The topological polar surface area (TPSA) is 9.23 Å². The van der Waals surface area contributed by atoms with Crippen LogP contribution in [0, 0.1) is 5.92 Å². The lowest BCUT2D eigenvalue weighted by Gasteiger charge is -2.12. The molecule has 0 aliphatic rings. The zero-order chi connectivity index (χ0) is 9.56. The number of methoxy groups -OCH3 is 1. The normalized spacial score (nSPS) is 14.1.